The molecular formula is C7H5F3O2S. The number of alkyl halides is 3. The van der Waals surface area contributed by atoms with Crippen molar-refractivity contribution < 1.29 is 22.7 Å². The molecule has 0 atom stereocenters. The maximum Gasteiger partial charge on any atom is 0.425 e. The highest BCUT2D eigenvalue weighted by Crippen LogP contribution is 2.34. The fourth-order valence-corrected chi connectivity index (χ4v) is 1.49. The molecule has 1 rings (SSSR count). The van der Waals surface area contributed by atoms with Crippen LogP contribution in [0.2, 0.25) is 0 Å². The summed E-state index contributed by atoms with van der Waals surface area (Å²) < 4.78 is 40.3. The van der Waals surface area contributed by atoms with Gasteiger partial charge in [-0.15, -0.1) is 11.3 Å². The molecule has 0 N–H and O–H groups in total. The minimum atomic E-state index is -4.39. The van der Waals surface area contributed by atoms with Gasteiger partial charge in [-0.05, 0) is 12.1 Å². The van der Waals surface area contributed by atoms with E-state index in [4.69, 9.17) is 0 Å². The van der Waals surface area contributed by atoms with Crippen molar-refractivity contribution in [1.82, 2.24) is 0 Å². The fraction of sp³-hybridized carbons (Fsp3) is 0.286. The predicted molar refractivity (Wildman–Crippen MR) is 40.7 cm³/mol. The van der Waals surface area contributed by atoms with Gasteiger partial charge in [-0.25, -0.2) is 4.79 Å². The first-order valence-corrected chi connectivity index (χ1v) is 4.02. The number of carbonyl (C=O) groups is 1. The van der Waals surface area contributed by atoms with Crippen molar-refractivity contribution in [3.8, 4) is 0 Å². The summed E-state index contributed by atoms with van der Waals surface area (Å²) in [7, 11) is 1.12. The molecule has 0 amide bonds. The lowest BCUT2D eigenvalue weighted by molar-refractivity contribution is -0.134. The Kier molecular flexibility index (Phi) is 2.60. The zero-order valence-electron chi connectivity index (χ0n) is 6.51. The van der Waals surface area contributed by atoms with Crippen LogP contribution in [0.25, 0.3) is 0 Å². The molecule has 0 aliphatic carbocycles. The van der Waals surface area contributed by atoms with Crippen LogP contribution in [0, 0.1) is 0 Å². The Morgan fingerprint density at radius 3 is 2.46 bits per heavy atom. The smallest absolute Gasteiger partial charge is 0.425 e. The van der Waals surface area contributed by atoms with Crippen LogP contribution in [0.3, 0.4) is 0 Å². The van der Waals surface area contributed by atoms with Gasteiger partial charge in [0.25, 0.3) is 0 Å². The van der Waals surface area contributed by atoms with Crippen molar-refractivity contribution in [3.05, 3.63) is 21.9 Å². The number of hydrogen-bond donors (Lipinski definition) is 0. The highest BCUT2D eigenvalue weighted by Gasteiger charge is 2.33. The van der Waals surface area contributed by atoms with Gasteiger partial charge in [0.05, 0.1) is 7.11 Å². The normalized spacial score (nSPS) is 11.4. The first-order chi connectivity index (χ1) is 5.95. The van der Waals surface area contributed by atoms with Crippen LogP contribution < -0.4 is 0 Å². The van der Waals surface area contributed by atoms with Crippen molar-refractivity contribution in [3.63, 3.8) is 0 Å². The van der Waals surface area contributed by atoms with E-state index in [-0.39, 0.29) is 4.88 Å². The van der Waals surface area contributed by atoms with Crippen LogP contribution in [0.15, 0.2) is 12.1 Å². The third kappa shape index (κ3) is 2.21. The number of halogens is 3. The number of thiophene rings is 1. The highest BCUT2D eigenvalue weighted by atomic mass is 32.1. The maximum absolute atomic E-state index is 12.0. The number of hydrogen-bond acceptors (Lipinski definition) is 3. The van der Waals surface area contributed by atoms with E-state index in [0.29, 0.717) is 11.3 Å². The Balaban J connectivity index is 2.93. The predicted octanol–water partition coefficient (Wildman–Crippen LogP) is 2.55. The molecule has 2 nitrogen and oxygen atoms in total. The zero-order chi connectivity index (χ0) is 10.1. The molecule has 0 spiro atoms. The summed E-state index contributed by atoms with van der Waals surface area (Å²) in [5.41, 5.74) is 0. The molecule has 1 aromatic rings. The molecule has 0 saturated heterocycles. The standard InChI is InChI=1S/C7H5F3O2S/c1-12-6(11)4-2-3-5(13-4)7(8,9)10/h2-3H,1H3. The van der Waals surface area contributed by atoms with Gasteiger partial charge in [0.15, 0.2) is 0 Å². The molecule has 1 heterocycles. The maximum atomic E-state index is 12.0. The molecule has 13 heavy (non-hydrogen) atoms. The van der Waals surface area contributed by atoms with Crippen LogP contribution in [-0.2, 0) is 10.9 Å². The van der Waals surface area contributed by atoms with Gasteiger partial charge in [0.1, 0.15) is 9.75 Å². The Labute approximate surface area is 75.9 Å². The molecule has 0 bridgehead atoms. The quantitative estimate of drug-likeness (QED) is 0.666. The number of methoxy groups -OCH3 is 1. The highest BCUT2D eigenvalue weighted by molar-refractivity contribution is 7.14. The van der Waals surface area contributed by atoms with E-state index in [1.54, 1.807) is 0 Å². The van der Waals surface area contributed by atoms with Crippen LogP contribution in [0.1, 0.15) is 14.5 Å². The Bertz CT molecular complexity index is 316. The van der Waals surface area contributed by atoms with Crippen molar-refractivity contribution in [1.29, 1.82) is 0 Å². The summed E-state index contributed by atoms with van der Waals surface area (Å²) in [6, 6.07) is 1.95. The van der Waals surface area contributed by atoms with E-state index in [9.17, 15) is 18.0 Å². The summed E-state index contributed by atoms with van der Waals surface area (Å²) in [6.45, 7) is 0. The second kappa shape index (κ2) is 3.37. The molecule has 0 unspecified atom stereocenters. The third-order valence-corrected chi connectivity index (χ3v) is 2.38. The lowest BCUT2D eigenvalue weighted by Crippen LogP contribution is -2.01. The van der Waals surface area contributed by atoms with E-state index in [1.807, 2.05) is 0 Å². The lowest BCUT2D eigenvalue weighted by atomic mass is 10.4. The Hall–Kier alpha value is -1.04. The molecule has 0 aliphatic heterocycles. The molecule has 0 aliphatic rings. The molecule has 1 aromatic heterocycles. The van der Waals surface area contributed by atoms with Crippen molar-refractivity contribution in [2.24, 2.45) is 0 Å². The number of rotatable bonds is 1. The fourth-order valence-electron chi connectivity index (χ4n) is 0.701. The van der Waals surface area contributed by atoms with Crippen molar-refractivity contribution in [2.75, 3.05) is 7.11 Å². The minimum Gasteiger partial charge on any atom is -0.465 e. The second-order valence-electron chi connectivity index (χ2n) is 2.15. The number of carbonyl (C=O) groups excluding carboxylic acids is 1. The third-order valence-electron chi connectivity index (χ3n) is 1.27. The monoisotopic (exact) mass is 210 g/mol. The molecular weight excluding hydrogens is 205 g/mol. The lowest BCUT2D eigenvalue weighted by Gasteiger charge is -2.00. The summed E-state index contributed by atoms with van der Waals surface area (Å²) in [5.74, 6) is -0.750. The van der Waals surface area contributed by atoms with E-state index in [1.165, 1.54) is 0 Å². The summed E-state index contributed by atoms with van der Waals surface area (Å²) in [4.78, 5) is 9.93. The van der Waals surface area contributed by atoms with E-state index in [0.717, 1.165) is 19.2 Å². The largest absolute Gasteiger partial charge is 0.465 e. The first kappa shape index (κ1) is 10.0. The van der Waals surface area contributed by atoms with Crippen molar-refractivity contribution in [2.45, 2.75) is 6.18 Å². The molecule has 0 saturated carbocycles. The molecule has 72 valence electrons. The molecule has 6 heteroatoms. The molecule has 0 aromatic carbocycles. The molecule has 0 radical (unpaired) electrons. The topological polar surface area (TPSA) is 26.3 Å². The SMILES string of the molecule is COC(=O)c1ccc(C(F)(F)F)s1. The van der Waals surface area contributed by atoms with Gasteiger partial charge in [0, 0.05) is 0 Å². The summed E-state index contributed by atoms with van der Waals surface area (Å²) in [5, 5.41) is 0. The summed E-state index contributed by atoms with van der Waals surface area (Å²) in [6.07, 6.45) is -4.39. The van der Waals surface area contributed by atoms with Crippen LogP contribution >= 0.6 is 11.3 Å². The summed E-state index contributed by atoms with van der Waals surface area (Å²) >= 11 is 0.373. The second-order valence-corrected chi connectivity index (χ2v) is 3.24. The number of esters is 1. The van der Waals surface area contributed by atoms with Crippen LogP contribution in [-0.4, -0.2) is 13.1 Å². The number of ether oxygens (including phenoxy) is 1. The van der Waals surface area contributed by atoms with E-state index in [2.05, 4.69) is 4.74 Å². The Morgan fingerprint density at radius 2 is 2.08 bits per heavy atom. The van der Waals surface area contributed by atoms with Gasteiger partial charge < -0.3 is 4.74 Å². The van der Waals surface area contributed by atoms with Crippen molar-refractivity contribution >= 4 is 17.3 Å². The first-order valence-electron chi connectivity index (χ1n) is 3.20. The minimum absolute atomic E-state index is 0.0465. The zero-order valence-corrected chi connectivity index (χ0v) is 7.33. The van der Waals surface area contributed by atoms with Crippen LogP contribution in [0.5, 0.6) is 0 Å². The van der Waals surface area contributed by atoms with E-state index < -0.39 is 17.0 Å². The Morgan fingerprint density at radius 1 is 1.46 bits per heavy atom. The van der Waals surface area contributed by atoms with E-state index >= 15 is 0 Å². The van der Waals surface area contributed by atoms with Gasteiger partial charge in [-0.2, -0.15) is 13.2 Å². The average Bonchev–Trinajstić information content (AvgIpc) is 2.50. The van der Waals surface area contributed by atoms with Gasteiger partial charge in [-0.1, -0.05) is 0 Å². The van der Waals surface area contributed by atoms with Crippen LogP contribution in [0.4, 0.5) is 13.2 Å². The van der Waals surface area contributed by atoms with Gasteiger partial charge in [-0.3, -0.25) is 0 Å². The molecule has 0 fully saturated rings. The van der Waals surface area contributed by atoms with Gasteiger partial charge >= 0.3 is 12.1 Å². The average molecular weight is 210 g/mol. The van der Waals surface area contributed by atoms with Gasteiger partial charge in [0.2, 0.25) is 0 Å².